The van der Waals surface area contributed by atoms with Crippen LogP contribution in [0.2, 0.25) is 0 Å². The molecule has 0 aromatic rings. The number of carbonyl (C=O) groups is 1. The number of hydrogen-bond acceptors (Lipinski definition) is 1. The molecule has 0 aromatic carbocycles. The molecule has 0 saturated heterocycles. The number of carbonyl (C=O) groups excluding carboxylic acids is 1. The predicted molar refractivity (Wildman–Crippen MR) is 85.5 cm³/mol. The van der Waals surface area contributed by atoms with E-state index in [2.05, 4.69) is 19.1 Å². The minimum Gasteiger partial charge on any atom is -0.303 e. The number of unbranched alkanes of at least 4 members (excludes halogenated alkanes) is 13. The third-order valence-corrected chi connectivity index (χ3v) is 3.68. The molecule has 0 aliphatic heterocycles. The standard InChI is InChI=1S/C18H34O/c1-2-3-4-5-6-7-8-9-10-11-12-13-14-15-16-17-18-19/h2-3,18H,4-17H2,1H3. The monoisotopic (exact) mass is 266 g/mol. The maximum Gasteiger partial charge on any atom is 0.119 e. The molecule has 0 fully saturated rings. The molecule has 0 bridgehead atoms. The fraction of sp³-hybridized carbons (Fsp3) is 0.833. The Kier molecular flexibility index (Phi) is 16.9. The molecule has 0 unspecified atom stereocenters. The Morgan fingerprint density at radius 1 is 0.579 bits per heavy atom. The van der Waals surface area contributed by atoms with Crippen molar-refractivity contribution in [3.05, 3.63) is 12.2 Å². The van der Waals surface area contributed by atoms with Gasteiger partial charge in [0.15, 0.2) is 0 Å². The number of aldehydes is 1. The minimum atomic E-state index is 0.758. The van der Waals surface area contributed by atoms with Crippen LogP contribution in [0.15, 0.2) is 12.2 Å². The average molecular weight is 266 g/mol. The van der Waals surface area contributed by atoms with Crippen molar-refractivity contribution >= 4 is 6.29 Å². The van der Waals surface area contributed by atoms with Gasteiger partial charge in [-0.15, -0.1) is 0 Å². The molecule has 0 saturated carbocycles. The van der Waals surface area contributed by atoms with Gasteiger partial charge in [0.05, 0.1) is 0 Å². The van der Waals surface area contributed by atoms with E-state index >= 15 is 0 Å². The molecule has 0 radical (unpaired) electrons. The third kappa shape index (κ3) is 17.4. The molecule has 19 heavy (non-hydrogen) atoms. The summed E-state index contributed by atoms with van der Waals surface area (Å²) in [7, 11) is 0. The molecule has 0 atom stereocenters. The second-order valence-corrected chi connectivity index (χ2v) is 5.56. The van der Waals surface area contributed by atoms with Crippen LogP contribution in [0.5, 0.6) is 0 Å². The summed E-state index contributed by atoms with van der Waals surface area (Å²) in [6.07, 6.45) is 23.8. The van der Waals surface area contributed by atoms with E-state index in [-0.39, 0.29) is 0 Å². The van der Waals surface area contributed by atoms with Crippen molar-refractivity contribution in [3.63, 3.8) is 0 Å². The largest absolute Gasteiger partial charge is 0.303 e. The molecule has 0 aliphatic carbocycles. The summed E-state index contributed by atoms with van der Waals surface area (Å²) in [5.74, 6) is 0. The van der Waals surface area contributed by atoms with Gasteiger partial charge in [0.1, 0.15) is 6.29 Å². The van der Waals surface area contributed by atoms with E-state index in [0.29, 0.717) is 0 Å². The summed E-state index contributed by atoms with van der Waals surface area (Å²) in [6, 6.07) is 0. The molecule has 0 spiro atoms. The second kappa shape index (κ2) is 17.4. The molecule has 0 rings (SSSR count). The SMILES string of the molecule is CC=CCCCCCCCCCCCCCCC=O. The van der Waals surface area contributed by atoms with E-state index in [4.69, 9.17) is 0 Å². The first kappa shape index (κ1) is 18.4. The van der Waals surface area contributed by atoms with Gasteiger partial charge in [0.2, 0.25) is 0 Å². The van der Waals surface area contributed by atoms with Crippen molar-refractivity contribution < 1.29 is 4.79 Å². The molecule has 0 aliphatic rings. The van der Waals surface area contributed by atoms with E-state index in [1.165, 1.54) is 77.0 Å². The first-order valence-corrected chi connectivity index (χ1v) is 8.46. The van der Waals surface area contributed by atoms with Gasteiger partial charge in [-0.25, -0.2) is 0 Å². The van der Waals surface area contributed by atoms with Crippen LogP contribution in [-0.4, -0.2) is 6.29 Å². The molecule has 0 N–H and O–H groups in total. The minimum absolute atomic E-state index is 0.758. The van der Waals surface area contributed by atoms with Crippen molar-refractivity contribution in [2.45, 2.75) is 96.8 Å². The molecule has 0 amide bonds. The molecule has 1 nitrogen and oxygen atoms in total. The van der Waals surface area contributed by atoms with Crippen LogP contribution in [0.3, 0.4) is 0 Å². The van der Waals surface area contributed by atoms with Gasteiger partial charge in [0, 0.05) is 6.42 Å². The van der Waals surface area contributed by atoms with E-state index in [0.717, 1.165) is 19.1 Å². The van der Waals surface area contributed by atoms with Crippen molar-refractivity contribution in [1.82, 2.24) is 0 Å². The first-order valence-electron chi connectivity index (χ1n) is 8.46. The quantitative estimate of drug-likeness (QED) is 0.195. The molecular formula is C18H34O. The zero-order valence-electron chi connectivity index (χ0n) is 13.0. The topological polar surface area (TPSA) is 17.1 Å². The highest BCUT2D eigenvalue weighted by Gasteiger charge is 1.93. The summed E-state index contributed by atoms with van der Waals surface area (Å²) in [6.45, 7) is 2.10. The maximum absolute atomic E-state index is 10.1. The van der Waals surface area contributed by atoms with Gasteiger partial charge in [0.25, 0.3) is 0 Å². The van der Waals surface area contributed by atoms with E-state index < -0.39 is 0 Å². The van der Waals surface area contributed by atoms with Crippen molar-refractivity contribution in [1.29, 1.82) is 0 Å². The third-order valence-electron chi connectivity index (χ3n) is 3.68. The molecule has 0 heterocycles. The molecule has 0 aromatic heterocycles. The summed E-state index contributed by atoms with van der Waals surface area (Å²) >= 11 is 0. The average Bonchev–Trinajstić information content (AvgIpc) is 2.43. The highest BCUT2D eigenvalue weighted by atomic mass is 16.1. The Hall–Kier alpha value is -0.590. The van der Waals surface area contributed by atoms with Crippen molar-refractivity contribution in [3.8, 4) is 0 Å². The Bertz CT molecular complexity index is 196. The number of allylic oxidation sites excluding steroid dienone is 2. The smallest absolute Gasteiger partial charge is 0.119 e. The van der Waals surface area contributed by atoms with Crippen LogP contribution in [0, 0.1) is 0 Å². The number of hydrogen-bond donors (Lipinski definition) is 0. The van der Waals surface area contributed by atoms with Gasteiger partial charge in [-0.2, -0.15) is 0 Å². The normalized spacial score (nSPS) is 11.2. The molecule has 1 heteroatoms. The van der Waals surface area contributed by atoms with Crippen LogP contribution in [0.25, 0.3) is 0 Å². The van der Waals surface area contributed by atoms with Crippen LogP contribution >= 0.6 is 0 Å². The van der Waals surface area contributed by atoms with Gasteiger partial charge in [-0.1, -0.05) is 76.4 Å². The molecule has 112 valence electrons. The predicted octanol–water partition coefficient (Wildman–Crippen LogP) is 6.22. The summed E-state index contributed by atoms with van der Waals surface area (Å²) < 4.78 is 0. The zero-order chi connectivity index (χ0) is 14.0. The van der Waals surface area contributed by atoms with Gasteiger partial charge in [-0.3, -0.25) is 0 Å². The van der Waals surface area contributed by atoms with Gasteiger partial charge < -0.3 is 4.79 Å². The summed E-state index contributed by atoms with van der Waals surface area (Å²) in [4.78, 5) is 10.1. The van der Waals surface area contributed by atoms with E-state index in [1.54, 1.807) is 0 Å². The summed E-state index contributed by atoms with van der Waals surface area (Å²) in [5, 5.41) is 0. The lowest BCUT2D eigenvalue weighted by Gasteiger charge is -2.02. The zero-order valence-corrected chi connectivity index (χ0v) is 13.0. The highest BCUT2D eigenvalue weighted by molar-refractivity contribution is 5.48. The van der Waals surface area contributed by atoms with Gasteiger partial charge >= 0.3 is 0 Å². The lowest BCUT2D eigenvalue weighted by Crippen LogP contribution is -1.83. The van der Waals surface area contributed by atoms with Crippen LogP contribution in [0.1, 0.15) is 96.8 Å². The number of rotatable bonds is 15. The lowest BCUT2D eigenvalue weighted by atomic mass is 10.0. The Morgan fingerprint density at radius 3 is 1.32 bits per heavy atom. The first-order chi connectivity index (χ1) is 9.41. The van der Waals surface area contributed by atoms with E-state index in [1.807, 2.05) is 0 Å². The fourth-order valence-electron chi connectivity index (χ4n) is 2.42. The van der Waals surface area contributed by atoms with Crippen molar-refractivity contribution in [2.75, 3.05) is 0 Å². The van der Waals surface area contributed by atoms with E-state index in [9.17, 15) is 4.79 Å². The Balaban J connectivity index is 2.93. The molecular weight excluding hydrogens is 232 g/mol. The Morgan fingerprint density at radius 2 is 0.947 bits per heavy atom. The van der Waals surface area contributed by atoms with Crippen molar-refractivity contribution in [2.24, 2.45) is 0 Å². The maximum atomic E-state index is 10.1. The highest BCUT2D eigenvalue weighted by Crippen LogP contribution is 2.12. The van der Waals surface area contributed by atoms with Crippen LogP contribution in [0.4, 0.5) is 0 Å². The van der Waals surface area contributed by atoms with Gasteiger partial charge in [-0.05, 0) is 26.2 Å². The fourth-order valence-corrected chi connectivity index (χ4v) is 2.42. The lowest BCUT2D eigenvalue weighted by molar-refractivity contribution is -0.107. The van der Waals surface area contributed by atoms with Crippen LogP contribution in [-0.2, 0) is 4.79 Å². The van der Waals surface area contributed by atoms with Crippen LogP contribution < -0.4 is 0 Å². The Labute approximate surface area is 120 Å². The second-order valence-electron chi connectivity index (χ2n) is 5.56. The summed E-state index contributed by atoms with van der Waals surface area (Å²) in [5.41, 5.74) is 0.